The summed E-state index contributed by atoms with van der Waals surface area (Å²) in [7, 11) is 0. The molecule has 2 aliphatic heterocycles. The van der Waals surface area contributed by atoms with Crippen LogP contribution >= 0.6 is 0 Å². The highest BCUT2D eigenvalue weighted by Gasteiger charge is 2.41. The largest absolute Gasteiger partial charge is 0.367 e. The van der Waals surface area contributed by atoms with Crippen molar-refractivity contribution in [2.45, 2.75) is 31.3 Å². The quantitative estimate of drug-likeness (QED) is 0.784. The lowest BCUT2D eigenvalue weighted by Gasteiger charge is -2.47. The van der Waals surface area contributed by atoms with Crippen molar-refractivity contribution >= 4 is 0 Å². The Bertz CT molecular complexity index is 364. The summed E-state index contributed by atoms with van der Waals surface area (Å²) < 4.78 is 14.1. The molecule has 0 radical (unpaired) electrons. The standard InChI is InChI=1S/C13H20FN3/c14-11-4-1-5-12-13(11)17-7-2-3-10(17)9-16(12)8-6-15/h1,4,10,12H,2-3,5-9,15H2. The molecule has 3 nitrogen and oxygen atoms in total. The van der Waals surface area contributed by atoms with Crippen LogP contribution in [-0.2, 0) is 0 Å². The molecular formula is C13H20FN3. The monoisotopic (exact) mass is 237 g/mol. The lowest BCUT2D eigenvalue weighted by atomic mass is 9.96. The normalized spacial score (nSPS) is 32.9. The topological polar surface area (TPSA) is 32.5 Å². The molecule has 2 N–H and O–H groups in total. The van der Waals surface area contributed by atoms with Gasteiger partial charge in [-0.25, -0.2) is 4.39 Å². The first kappa shape index (κ1) is 11.2. The van der Waals surface area contributed by atoms with Gasteiger partial charge in [0, 0.05) is 32.2 Å². The van der Waals surface area contributed by atoms with Crippen LogP contribution in [0.2, 0.25) is 0 Å². The molecule has 2 saturated heterocycles. The Morgan fingerprint density at radius 3 is 3.18 bits per heavy atom. The second-order valence-electron chi connectivity index (χ2n) is 5.16. The fraction of sp³-hybridized carbons (Fsp3) is 0.692. The molecule has 3 aliphatic rings. The predicted octanol–water partition coefficient (Wildman–Crippen LogP) is 1.23. The Balaban J connectivity index is 1.93. The maximum Gasteiger partial charge on any atom is 0.143 e. The van der Waals surface area contributed by atoms with E-state index in [2.05, 4.69) is 9.80 Å². The van der Waals surface area contributed by atoms with Crippen molar-refractivity contribution in [3.63, 3.8) is 0 Å². The van der Waals surface area contributed by atoms with Crippen molar-refractivity contribution in [1.29, 1.82) is 0 Å². The lowest BCUT2D eigenvalue weighted by molar-refractivity contribution is 0.0915. The molecule has 0 aromatic heterocycles. The van der Waals surface area contributed by atoms with Crippen molar-refractivity contribution in [3.05, 3.63) is 23.7 Å². The lowest BCUT2D eigenvalue weighted by Crippen LogP contribution is -2.56. The summed E-state index contributed by atoms with van der Waals surface area (Å²) in [4.78, 5) is 4.67. The zero-order valence-electron chi connectivity index (χ0n) is 10.1. The fourth-order valence-electron chi connectivity index (χ4n) is 3.46. The van der Waals surface area contributed by atoms with E-state index in [1.165, 1.54) is 12.8 Å². The minimum atomic E-state index is -0.0325. The minimum absolute atomic E-state index is 0.0325. The Labute approximate surface area is 102 Å². The van der Waals surface area contributed by atoms with Gasteiger partial charge in [0.15, 0.2) is 0 Å². The van der Waals surface area contributed by atoms with Gasteiger partial charge >= 0.3 is 0 Å². The summed E-state index contributed by atoms with van der Waals surface area (Å²) in [6.45, 7) is 3.60. The maximum absolute atomic E-state index is 14.1. The van der Waals surface area contributed by atoms with Crippen LogP contribution in [0.3, 0.4) is 0 Å². The Kier molecular flexibility index (Phi) is 2.92. The van der Waals surface area contributed by atoms with Crippen LogP contribution in [0.25, 0.3) is 0 Å². The molecule has 2 unspecified atom stereocenters. The zero-order chi connectivity index (χ0) is 11.8. The highest BCUT2D eigenvalue weighted by atomic mass is 19.1. The molecule has 0 amide bonds. The number of rotatable bonds is 2. The molecule has 2 heterocycles. The number of halogens is 1. The van der Waals surface area contributed by atoms with Crippen molar-refractivity contribution in [2.24, 2.45) is 5.73 Å². The molecule has 3 rings (SSSR count). The van der Waals surface area contributed by atoms with Gasteiger partial charge in [0.25, 0.3) is 0 Å². The van der Waals surface area contributed by atoms with Gasteiger partial charge in [-0.05, 0) is 25.3 Å². The predicted molar refractivity (Wildman–Crippen MR) is 66.0 cm³/mol. The van der Waals surface area contributed by atoms with Gasteiger partial charge < -0.3 is 10.6 Å². The molecule has 4 heteroatoms. The van der Waals surface area contributed by atoms with Gasteiger partial charge in [0.1, 0.15) is 5.83 Å². The SMILES string of the molecule is NCCN1CC2CCCN2C2=C(F)C=CCC21. The van der Waals surface area contributed by atoms with E-state index < -0.39 is 0 Å². The van der Waals surface area contributed by atoms with Crippen LogP contribution in [0.5, 0.6) is 0 Å². The molecule has 1 aliphatic carbocycles. The van der Waals surface area contributed by atoms with Gasteiger partial charge in [0.05, 0.1) is 11.7 Å². The highest BCUT2D eigenvalue weighted by molar-refractivity contribution is 5.31. The van der Waals surface area contributed by atoms with E-state index in [0.29, 0.717) is 12.6 Å². The number of nitrogens with two attached hydrogens (primary N) is 1. The van der Waals surface area contributed by atoms with E-state index in [9.17, 15) is 4.39 Å². The summed E-state index contributed by atoms with van der Waals surface area (Å²) in [6.07, 6.45) is 6.88. The van der Waals surface area contributed by atoms with Crippen LogP contribution in [0.15, 0.2) is 23.7 Å². The molecule has 94 valence electrons. The van der Waals surface area contributed by atoms with Crippen LogP contribution < -0.4 is 5.73 Å². The molecule has 2 fully saturated rings. The Morgan fingerprint density at radius 2 is 2.35 bits per heavy atom. The number of nitrogens with zero attached hydrogens (tertiary/aromatic N) is 2. The van der Waals surface area contributed by atoms with Crippen LogP contribution in [0.1, 0.15) is 19.3 Å². The van der Waals surface area contributed by atoms with Gasteiger partial charge in [-0.3, -0.25) is 4.90 Å². The molecule has 2 atom stereocenters. The van der Waals surface area contributed by atoms with Crippen molar-refractivity contribution < 1.29 is 4.39 Å². The summed E-state index contributed by atoms with van der Waals surface area (Å²) >= 11 is 0. The average molecular weight is 237 g/mol. The third-order valence-corrected chi connectivity index (χ3v) is 4.17. The summed E-state index contributed by atoms with van der Waals surface area (Å²) in [5, 5.41) is 0. The summed E-state index contributed by atoms with van der Waals surface area (Å²) in [6, 6.07) is 0.725. The average Bonchev–Trinajstić information content (AvgIpc) is 2.77. The van der Waals surface area contributed by atoms with E-state index in [4.69, 9.17) is 5.73 Å². The van der Waals surface area contributed by atoms with Crippen LogP contribution in [0, 0.1) is 0 Å². The molecule has 0 aromatic carbocycles. The molecular weight excluding hydrogens is 217 g/mol. The molecule has 0 bridgehead atoms. The van der Waals surface area contributed by atoms with E-state index in [0.717, 1.165) is 31.8 Å². The third-order valence-electron chi connectivity index (χ3n) is 4.17. The highest BCUT2D eigenvalue weighted by Crippen LogP contribution is 2.37. The first-order valence-electron chi connectivity index (χ1n) is 6.58. The zero-order valence-corrected chi connectivity index (χ0v) is 10.1. The fourth-order valence-corrected chi connectivity index (χ4v) is 3.46. The van der Waals surface area contributed by atoms with E-state index in [-0.39, 0.29) is 11.9 Å². The van der Waals surface area contributed by atoms with Gasteiger partial charge in [0.2, 0.25) is 0 Å². The van der Waals surface area contributed by atoms with E-state index in [1.54, 1.807) is 6.08 Å². The van der Waals surface area contributed by atoms with Crippen LogP contribution in [-0.4, -0.2) is 48.1 Å². The number of piperazine rings is 1. The molecule has 0 aromatic rings. The Hall–Kier alpha value is -0.870. The number of allylic oxidation sites excluding steroid dienone is 2. The van der Waals surface area contributed by atoms with E-state index >= 15 is 0 Å². The van der Waals surface area contributed by atoms with Gasteiger partial charge in [-0.15, -0.1) is 0 Å². The first-order chi connectivity index (χ1) is 8.31. The number of hydrogen-bond acceptors (Lipinski definition) is 3. The third kappa shape index (κ3) is 1.79. The van der Waals surface area contributed by atoms with Crippen LogP contribution in [0.4, 0.5) is 4.39 Å². The van der Waals surface area contributed by atoms with E-state index in [1.807, 2.05) is 6.08 Å². The Morgan fingerprint density at radius 1 is 1.47 bits per heavy atom. The number of fused-ring (bicyclic) bond motifs is 3. The molecule has 0 saturated carbocycles. The second-order valence-corrected chi connectivity index (χ2v) is 5.16. The van der Waals surface area contributed by atoms with Crippen molar-refractivity contribution in [2.75, 3.05) is 26.2 Å². The smallest absolute Gasteiger partial charge is 0.143 e. The minimum Gasteiger partial charge on any atom is -0.367 e. The first-order valence-corrected chi connectivity index (χ1v) is 6.58. The van der Waals surface area contributed by atoms with Gasteiger partial charge in [-0.2, -0.15) is 0 Å². The molecule has 17 heavy (non-hydrogen) atoms. The van der Waals surface area contributed by atoms with Crippen molar-refractivity contribution in [1.82, 2.24) is 9.80 Å². The molecule has 0 spiro atoms. The number of hydrogen-bond donors (Lipinski definition) is 1. The summed E-state index contributed by atoms with van der Waals surface area (Å²) in [5.41, 5.74) is 6.60. The summed E-state index contributed by atoms with van der Waals surface area (Å²) in [5.74, 6) is -0.0325. The maximum atomic E-state index is 14.1. The second kappa shape index (κ2) is 4.42. The van der Waals surface area contributed by atoms with Crippen molar-refractivity contribution in [3.8, 4) is 0 Å². The van der Waals surface area contributed by atoms with Gasteiger partial charge in [-0.1, -0.05) is 6.08 Å².